The highest BCUT2D eigenvalue weighted by molar-refractivity contribution is 8.01. The number of thioether (sulfide) groups is 1. The van der Waals surface area contributed by atoms with E-state index in [9.17, 15) is 18.3 Å². The van der Waals surface area contributed by atoms with Crippen molar-refractivity contribution in [3.8, 4) is 5.75 Å². The molecule has 1 saturated carbocycles. The van der Waals surface area contributed by atoms with E-state index in [4.69, 9.17) is 0 Å². The predicted molar refractivity (Wildman–Crippen MR) is 119 cm³/mol. The molecule has 1 aromatic carbocycles. The summed E-state index contributed by atoms with van der Waals surface area (Å²) in [5, 5.41) is 10.2. The van der Waals surface area contributed by atoms with Crippen molar-refractivity contribution in [3.63, 3.8) is 0 Å². The summed E-state index contributed by atoms with van der Waals surface area (Å²) in [4.78, 5) is 12.5. The molecule has 5 nitrogen and oxygen atoms in total. The minimum absolute atomic E-state index is 0.116. The van der Waals surface area contributed by atoms with Crippen LogP contribution in [0.4, 0.5) is 0 Å². The van der Waals surface area contributed by atoms with Gasteiger partial charge in [-0.2, -0.15) is 0 Å². The van der Waals surface area contributed by atoms with Gasteiger partial charge in [0.15, 0.2) is 9.84 Å². The number of methoxy groups -OCH3 is 1. The average molecular weight is 443 g/mol. The minimum Gasteiger partial charge on any atom is -0.507 e. The first-order valence-corrected chi connectivity index (χ1v) is 12.6. The van der Waals surface area contributed by atoms with Gasteiger partial charge >= 0.3 is 5.97 Å². The van der Waals surface area contributed by atoms with Crippen molar-refractivity contribution in [2.75, 3.05) is 12.9 Å². The van der Waals surface area contributed by atoms with Crippen LogP contribution in [0, 0.1) is 0 Å². The molecule has 1 fully saturated rings. The van der Waals surface area contributed by atoms with Gasteiger partial charge in [-0.1, -0.05) is 48.0 Å². The number of hydrogen-bond acceptors (Lipinski definition) is 6. The van der Waals surface area contributed by atoms with E-state index in [2.05, 4.69) is 46.3 Å². The Bertz CT molecular complexity index is 825. The number of phenols is 1. The van der Waals surface area contributed by atoms with Gasteiger partial charge in [0.1, 0.15) is 11.5 Å². The van der Waals surface area contributed by atoms with Crippen LogP contribution in [-0.4, -0.2) is 42.9 Å². The maximum atomic E-state index is 12.8. The first-order valence-electron chi connectivity index (χ1n) is 10.00. The molecule has 0 aromatic heterocycles. The van der Waals surface area contributed by atoms with E-state index in [0.29, 0.717) is 12.2 Å². The second-order valence-electron chi connectivity index (χ2n) is 9.88. The van der Waals surface area contributed by atoms with Crippen LogP contribution in [0.3, 0.4) is 0 Å². The number of benzene rings is 1. The zero-order chi connectivity index (χ0) is 22.2. The number of aromatic hydroxyl groups is 1. The summed E-state index contributed by atoms with van der Waals surface area (Å²) in [6.07, 6.45) is 2.17. The fraction of sp³-hybridized carbons (Fsp3) is 0.682. The van der Waals surface area contributed by atoms with Crippen molar-refractivity contribution in [2.45, 2.75) is 87.0 Å². The Morgan fingerprint density at radius 3 is 2.07 bits per heavy atom. The van der Waals surface area contributed by atoms with Crippen LogP contribution in [0.15, 0.2) is 17.0 Å². The average Bonchev–Trinajstić information content (AvgIpc) is 3.02. The van der Waals surface area contributed by atoms with E-state index in [-0.39, 0.29) is 16.1 Å². The van der Waals surface area contributed by atoms with Crippen molar-refractivity contribution in [1.29, 1.82) is 0 Å². The summed E-state index contributed by atoms with van der Waals surface area (Å²) in [6, 6.07) is 3.97. The molecule has 0 unspecified atom stereocenters. The van der Waals surface area contributed by atoms with Crippen LogP contribution in [0.2, 0.25) is 0 Å². The molecule has 164 valence electrons. The zero-order valence-electron chi connectivity index (χ0n) is 18.5. The van der Waals surface area contributed by atoms with Crippen molar-refractivity contribution >= 4 is 27.6 Å². The summed E-state index contributed by atoms with van der Waals surface area (Å²) >= 11 is 1.55. The number of sulfone groups is 1. The van der Waals surface area contributed by atoms with Gasteiger partial charge in [0.05, 0.1) is 12.4 Å². The Morgan fingerprint density at radius 1 is 1.10 bits per heavy atom. The molecule has 0 amide bonds. The lowest BCUT2D eigenvalue weighted by Crippen LogP contribution is -2.32. The Kier molecular flexibility index (Phi) is 7.05. The molecule has 0 saturated heterocycles. The van der Waals surface area contributed by atoms with Crippen LogP contribution in [0.1, 0.15) is 71.9 Å². The van der Waals surface area contributed by atoms with Crippen LogP contribution < -0.4 is 0 Å². The predicted octanol–water partition coefficient (Wildman–Crippen LogP) is 4.59. The molecule has 0 radical (unpaired) electrons. The largest absolute Gasteiger partial charge is 0.507 e. The molecule has 1 aliphatic rings. The van der Waals surface area contributed by atoms with Gasteiger partial charge in [0.2, 0.25) is 0 Å². The highest BCUT2D eigenvalue weighted by Gasteiger charge is 2.39. The smallest absolute Gasteiger partial charge is 0.320 e. The Labute approximate surface area is 179 Å². The fourth-order valence-corrected chi connectivity index (χ4v) is 7.52. The normalized spacial score (nSPS) is 20.7. The van der Waals surface area contributed by atoms with Gasteiger partial charge in [-0.05, 0) is 35.8 Å². The van der Waals surface area contributed by atoms with Crippen molar-refractivity contribution in [3.05, 3.63) is 23.3 Å². The van der Waals surface area contributed by atoms with Crippen LogP contribution in [-0.2, 0) is 30.2 Å². The highest BCUT2D eigenvalue weighted by Crippen LogP contribution is 2.45. The van der Waals surface area contributed by atoms with Crippen LogP contribution in [0.5, 0.6) is 5.75 Å². The Morgan fingerprint density at radius 2 is 1.62 bits per heavy atom. The Balaban J connectivity index is 2.41. The topological polar surface area (TPSA) is 80.7 Å². The molecule has 29 heavy (non-hydrogen) atoms. The van der Waals surface area contributed by atoms with Gasteiger partial charge in [-0.15, -0.1) is 11.8 Å². The SMILES string of the molecule is COC(=O)CS(=O)(=O)[C@@H]1CCC[C@H]1Sc1cc(C(C)(C)C)c(O)c(C(C)(C)C)c1. The van der Waals surface area contributed by atoms with Crippen molar-refractivity contribution in [2.24, 2.45) is 0 Å². The van der Waals surface area contributed by atoms with E-state index in [1.165, 1.54) is 7.11 Å². The minimum atomic E-state index is -3.57. The summed E-state index contributed by atoms with van der Waals surface area (Å²) in [6.45, 7) is 12.3. The third kappa shape index (κ3) is 5.69. The number of carbonyl (C=O) groups is 1. The van der Waals surface area contributed by atoms with Gasteiger partial charge in [-0.25, -0.2) is 8.42 Å². The third-order valence-corrected chi connectivity index (χ3v) is 9.06. The lowest BCUT2D eigenvalue weighted by atomic mass is 9.79. The third-order valence-electron chi connectivity index (χ3n) is 5.39. The molecular formula is C22H34O5S2. The van der Waals surface area contributed by atoms with E-state index >= 15 is 0 Å². The molecular weight excluding hydrogens is 408 g/mol. The van der Waals surface area contributed by atoms with E-state index < -0.39 is 26.8 Å². The number of hydrogen-bond donors (Lipinski definition) is 1. The molecule has 0 aliphatic heterocycles. The molecule has 1 N–H and O–H groups in total. The molecule has 2 rings (SSSR count). The summed E-state index contributed by atoms with van der Waals surface area (Å²) in [5.41, 5.74) is 1.23. The first-order chi connectivity index (χ1) is 13.2. The number of carbonyl (C=O) groups excluding carboxylic acids is 1. The monoisotopic (exact) mass is 442 g/mol. The lowest BCUT2D eigenvalue weighted by molar-refractivity contribution is -0.137. The van der Waals surface area contributed by atoms with E-state index in [0.717, 1.165) is 28.9 Å². The van der Waals surface area contributed by atoms with Crippen molar-refractivity contribution < 1.29 is 23.1 Å². The maximum absolute atomic E-state index is 12.8. The van der Waals surface area contributed by atoms with Gasteiger partial charge in [0, 0.05) is 21.3 Å². The first kappa shape index (κ1) is 24.1. The standard InChI is InChI=1S/C22H34O5S2/c1-21(2,3)15-11-14(12-16(20(15)24)22(4,5)6)28-17-9-8-10-18(17)29(25,26)13-19(23)27-7/h11-12,17-18,24H,8-10,13H2,1-7H3/t17-,18-/m1/s1. The number of esters is 1. The van der Waals surface area contributed by atoms with Gasteiger partial charge < -0.3 is 9.84 Å². The molecule has 1 aliphatic carbocycles. The quantitative estimate of drug-likeness (QED) is 0.672. The number of ether oxygens (including phenoxy) is 1. The number of phenolic OH excluding ortho intramolecular Hbond substituents is 1. The zero-order valence-corrected chi connectivity index (χ0v) is 20.2. The van der Waals surface area contributed by atoms with Crippen LogP contribution >= 0.6 is 11.8 Å². The molecule has 0 bridgehead atoms. The van der Waals surface area contributed by atoms with Gasteiger partial charge in [0.25, 0.3) is 0 Å². The second-order valence-corrected chi connectivity index (χ2v) is 13.4. The molecule has 2 atom stereocenters. The highest BCUT2D eigenvalue weighted by atomic mass is 32.2. The summed E-state index contributed by atoms with van der Waals surface area (Å²) in [7, 11) is -2.37. The lowest BCUT2D eigenvalue weighted by Gasteiger charge is -2.29. The van der Waals surface area contributed by atoms with E-state index in [1.807, 2.05) is 12.1 Å². The van der Waals surface area contributed by atoms with Gasteiger partial charge in [-0.3, -0.25) is 4.79 Å². The molecule has 1 aromatic rings. The molecule has 0 heterocycles. The fourth-order valence-electron chi connectivity index (χ4n) is 3.76. The molecule has 0 spiro atoms. The van der Waals surface area contributed by atoms with Crippen LogP contribution in [0.25, 0.3) is 0 Å². The van der Waals surface area contributed by atoms with E-state index in [1.54, 1.807) is 11.8 Å². The van der Waals surface area contributed by atoms with Crippen molar-refractivity contribution in [1.82, 2.24) is 0 Å². The maximum Gasteiger partial charge on any atom is 0.320 e. The number of rotatable bonds is 5. The summed E-state index contributed by atoms with van der Waals surface area (Å²) < 4.78 is 30.1. The second kappa shape index (κ2) is 8.50. The Hall–Kier alpha value is -1.21. The molecule has 7 heteroatoms. The summed E-state index contributed by atoms with van der Waals surface area (Å²) in [5.74, 6) is -0.965.